The van der Waals surface area contributed by atoms with Crippen LogP contribution in [0.15, 0.2) is 54.7 Å². The highest BCUT2D eigenvalue weighted by molar-refractivity contribution is 6.25. The Balaban J connectivity index is 0.825. The van der Waals surface area contributed by atoms with E-state index in [4.69, 9.17) is 5.10 Å². The number of hydrogen-bond acceptors (Lipinski definition) is 10. The standard InChI is InChI=1S/C47H57FN8O6/c1-46(2,48)39-11-7-10-35(50-39)42(58)51-37-22-29-26-55(53-36(29)23-33(37)47(3,4)62)31-18-14-28(15-19-31)25-54(5)30-16-12-27(13-17-30)24-49-34-9-6-8-32-41(34)45(61)56(44(32)60)38-20-21-40(57)52-43(38)59/h6-11,22-23,26-28,30-31,38,49,62H,12-21,24-25H2,1-5H3,(H,51,58)(H,52,57,59)/t27-,28-,30-,31-,38?. The van der Waals surface area contributed by atoms with Gasteiger partial charge in [0.2, 0.25) is 11.8 Å². The van der Waals surface area contributed by atoms with Crippen molar-refractivity contribution in [3.63, 3.8) is 0 Å². The molecule has 0 radical (unpaired) electrons. The lowest BCUT2D eigenvalue weighted by Gasteiger charge is -2.38. The minimum Gasteiger partial charge on any atom is -0.386 e. The topological polar surface area (TPSA) is 179 Å². The van der Waals surface area contributed by atoms with Crippen LogP contribution in [0.2, 0.25) is 0 Å². The van der Waals surface area contributed by atoms with Gasteiger partial charge in [0.25, 0.3) is 17.7 Å². The average molecular weight is 849 g/mol. The second-order valence-electron chi connectivity index (χ2n) is 18.8. The maximum atomic E-state index is 14.6. The van der Waals surface area contributed by atoms with Crippen molar-refractivity contribution in [2.45, 2.75) is 121 Å². The van der Waals surface area contributed by atoms with Crippen molar-refractivity contribution in [3.05, 3.63) is 82.8 Å². The number of aromatic nitrogens is 3. The highest BCUT2D eigenvalue weighted by Crippen LogP contribution is 2.38. The Labute approximate surface area is 361 Å². The van der Waals surface area contributed by atoms with Gasteiger partial charge < -0.3 is 20.6 Å². The number of amides is 5. The molecule has 14 nitrogen and oxygen atoms in total. The second kappa shape index (κ2) is 17.0. The van der Waals surface area contributed by atoms with Crippen LogP contribution in [0, 0.1) is 11.8 Å². The number of carbonyl (C=O) groups is 5. The van der Waals surface area contributed by atoms with Crippen LogP contribution in [0.1, 0.15) is 140 Å². The van der Waals surface area contributed by atoms with E-state index in [9.17, 15) is 33.5 Å². The molecule has 62 heavy (non-hydrogen) atoms. The van der Waals surface area contributed by atoms with Crippen molar-refractivity contribution in [1.82, 2.24) is 29.9 Å². The molecule has 1 unspecified atom stereocenters. The highest BCUT2D eigenvalue weighted by atomic mass is 19.1. The molecule has 2 aromatic heterocycles. The van der Waals surface area contributed by atoms with Gasteiger partial charge in [-0.2, -0.15) is 5.10 Å². The molecule has 5 amide bonds. The van der Waals surface area contributed by atoms with E-state index in [0.29, 0.717) is 46.9 Å². The van der Waals surface area contributed by atoms with Gasteiger partial charge >= 0.3 is 0 Å². The van der Waals surface area contributed by atoms with Crippen molar-refractivity contribution >= 4 is 51.8 Å². The maximum absolute atomic E-state index is 14.6. The number of hydrogen-bond donors (Lipinski definition) is 4. The van der Waals surface area contributed by atoms with Crippen molar-refractivity contribution in [2.24, 2.45) is 11.8 Å². The molecular weight excluding hydrogens is 792 g/mol. The Hall–Kier alpha value is -5.54. The highest BCUT2D eigenvalue weighted by Gasteiger charge is 2.45. The molecule has 4 aliphatic rings. The Morgan fingerprint density at radius 1 is 0.903 bits per heavy atom. The molecule has 2 saturated carbocycles. The van der Waals surface area contributed by atoms with Crippen LogP contribution in [0.3, 0.4) is 0 Å². The molecule has 2 aliphatic carbocycles. The van der Waals surface area contributed by atoms with E-state index in [-0.39, 0.29) is 35.8 Å². The Morgan fingerprint density at radius 3 is 2.31 bits per heavy atom. The SMILES string of the molecule is CN(C[C@H]1CC[C@H](n2cc3cc(NC(=O)c4cccc(C(C)(C)F)n4)c(C(C)(C)O)cc3n2)CC1)[C@H]1CC[C@H](CNc2cccc3c2C(=O)N(C2CCC(=O)NC2=O)C3=O)CC1. The maximum Gasteiger partial charge on any atom is 0.274 e. The monoisotopic (exact) mass is 848 g/mol. The van der Waals surface area contributed by atoms with Crippen LogP contribution >= 0.6 is 0 Å². The Bertz CT molecular complexity index is 2400. The molecule has 2 aliphatic heterocycles. The quantitative estimate of drug-likeness (QED) is 0.110. The van der Waals surface area contributed by atoms with Crippen molar-refractivity contribution in [1.29, 1.82) is 0 Å². The number of carbonyl (C=O) groups excluding carboxylic acids is 5. The zero-order valence-corrected chi connectivity index (χ0v) is 36.2. The summed E-state index contributed by atoms with van der Waals surface area (Å²) in [5.74, 6) is -1.50. The smallest absolute Gasteiger partial charge is 0.274 e. The van der Waals surface area contributed by atoms with Crippen LogP contribution in [-0.4, -0.2) is 91.4 Å². The molecule has 4 heterocycles. The van der Waals surface area contributed by atoms with Crippen LogP contribution in [-0.2, 0) is 20.9 Å². The zero-order valence-electron chi connectivity index (χ0n) is 36.2. The average Bonchev–Trinajstić information content (AvgIpc) is 3.77. The molecule has 3 fully saturated rings. The molecule has 1 atom stereocenters. The minimum atomic E-state index is -1.70. The summed E-state index contributed by atoms with van der Waals surface area (Å²) in [4.78, 5) is 72.1. The van der Waals surface area contributed by atoms with Crippen molar-refractivity contribution in [3.8, 4) is 0 Å². The van der Waals surface area contributed by atoms with E-state index in [1.165, 1.54) is 13.8 Å². The van der Waals surface area contributed by atoms with Crippen LogP contribution < -0.4 is 16.0 Å². The fourth-order valence-electron chi connectivity index (χ4n) is 9.82. The number of pyridine rings is 1. The van der Waals surface area contributed by atoms with E-state index < -0.39 is 46.8 Å². The lowest BCUT2D eigenvalue weighted by atomic mass is 9.83. The number of benzene rings is 2. The minimum absolute atomic E-state index is 0.0812. The van der Waals surface area contributed by atoms with E-state index in [0.717, 1.165) is 73.7 Å². The number of fused-ring (bicyclic) bond motifs is 2. The van der Waals surface area contributed by atoms with Crippen molar-refractivity contribution in [2.75, 3.05) is 30.8 Å². The van der Waals surface area contributed by atoms with Crippen LogP contribution in [0.4, 0.5) is 15.8 Å². The first-order valence-electron chi connectivity index (χ1n) is 22.0. The van der Waals surface area contributed by atoms with Gasteiger partial charge in [-0.3, -0.25) is 38.9 Å². The first-order valence-corrected chi connectivity index (χ1v) is 22.0. The largest absolute Gasteiger partial charge is 0.386 e. The van der Waals surface area contributed by atoms with Gasteiger partial charge in [-0.15, -0.1) is 0 Å². The summed E-state index contributed by atoms with van der Waals surface area (Å²) in [6, 6.07) is 13.3. The molecule has 4 N–H and O–H groups in total. The Kier molecular flexibility index (Phi) is 11.8. The molecule has 0 spiro atoms. The lowest BCUT2D eigenvalue weighted by molar-refractivity contribution is -0.136. The number of imide groups is 2. The number of rotatable bonds is 12. The van der Waals surface area contributed by atoms with E-state index in [1.807, 2.05) is 29.1 Å². The summed E-state index contributed by atoms with van der Waals surface area (Å²) in [7, 11) is 2.24. The van der Waals surface area contributed by atoms with E-state index in [1.54, 1.807) is 44.2 Å². The van der Waals surface area contributed by atoms with Gasteiger partial charge in [-0.05, 0) is 141 Å². The number of nitrogens with one attached hydrogen (secondary N) is 3. The summed E-state index contributed by atoms with van der Waals surface area (Å²) in [6.07, 6.45) is 10.7. The third-order valence-corrected chi connectivity index (χ3v) is 13.4. The third-order valence-electron chi connectivity index (χ3n) is 13.4. The molecule has 15 heteroatoms. The predicted octanol–water partition coefficient (Wildman–Crippen LogP) is 6.85. The first kappa shape index (κ1) is 43.1. The van der Waals surface area contributed by atoms with Crippen molar-refractivity contribution < 1.29 is 33.5 Å². The number of alkyl halides is 1. The van der Waals surface area contributed by atoms with Crippen LogP contribution in [0.25, 0.3) is 10.9 Å². The van der Waals surface area contributed by atoms with E-state index in [2.05, 4.69) is 32.9 Å². The summed E-state index contributed by atoms with van der Waals surface area (Å²) >= 11 is 0. The first-order chi connectivity index (χ1) is 29.4. The molecule has 328 valence electrons. The summed E-state index contributed by atoms with van der Waals surface area (Å²) < 4.78 is 16.6. The fourth-order valence-corrected chi connectivity index (χ4v) is 9.82. The van der Waals surface area contributed by atoms with E-state index >= 15 is 0 Å². The molecule has 4 aromatic rings. The number of piperidine rings is 1. The van der Waals surface area contributed by atoms with Gasteiger partial charge in [0, 0.05) is 54.1 Å². The summed E-state index contributed by atoms with van der Waals surface area (Å²) in [5.41, 5.74) is 0.165. The zero-order chi connectivity index (χ0) is 44.1. The van der Waals surface area contributed by atoms with Crippen LogP contribution in [0.5, 0.6) is 0 Å². The summed E-state index contributed by atoms with van der Waals surface area (Å²) in [6.45, 7) is 7.85. The van der Waals surface area contributed by atoms with Gasteiger partial charge in [0.15, 0.2) is 0 Å². The number of halogens is 1. The molecule has 1 saturated heterocycles. The summed E-state index contributed by atoms with van der Waals surface area (Å²) in [5, 5.41) is 25.5. The molecular formula is C47H57FN8O6. The number of anilines is 2. The lowest BCUT2D eigenvalue weighted by Crippen LogP contribution is -2.54. The fraction of sp³-hybridized carbons (Fsp3) is 0.511. The normalized spacial score (nSPS) is 23.5. The number of nitrogens with zero attached hydrogens (tertiary/aromatic N) is 5. The molecule has 8 rings (SSSR count). The van der Waals surface area contributed by atoms with Gasteiger partial charge in [0.1, 0.15) is 17.4 Å². The Morgan fingerprint density at radius 2 is 1.61 bits per heavy atom. The predicted molar refractivity (Wildman–Crippen MR) is 232 cm³/mol. The third kappa shape index (κ3) is 8.87. The van der Waals surface area contributed by atoms with Gasteiger partial charge in [-0.1, -0.05) is 12.1 Å². The second-order valence-corrected chi connectivity index (χ2v) is 18.8. The molecule has 2 aromatic carbocycles. The molecule has 0 bridgehead atoms. The van der Waals surface area contributed by atoms with Gasteiger partial charge in [-0.25, -0.2) is 9.37 Å². The van der Waals surface area contributed by atoms with Gasteiger partial charge in [0.05, 0.1) is 34.0 Å². The number of aliphatic hydroxyl groups is 1.